The van der Waals surface area contributed by atoms with Crippen LogP contribution in [0.3, 0.4) is 0 Å². The number of hydrogen-bond acceptors (Lipinski definition) is 6. The molecular formula is C17H23FN4O2. The predicted molar refractivity (Wildman–Crippen MR) is 90.6 cm³/mol. The highest BCUT2D eigenvalue weighted by Crippen LogP contribution is 2.11. The van der Waals surface area contributed by atoms with Crippen molar-refractivity contribution in [2.75, 3.05) is 39.2 Å². The molecule has 7 heteroatoms. The summed E-state index contributed by atoms with van der Waals surface area (Å²) in [5.74, 6) is 0.880. The van der Waals surface area contributed by atoms with Gasteiger partial charge in [-0.25, -0.2) is 14.4 Å². The number of aliphatic hydroxyl groups is 1. The minimum absolute atomic E-state index is 0.145. The van der Waals surface area contributed by atoms with Crippen LogP contribution in [0, 0.1) is 5.82 Å². The number of benzene rings is 1. The molecule has 1 unspecified atom stereocenters. The van der Waals surface area contributed by atoms with Crippen molar-refractivity contribution in [1.82, 2.24) is 14.9 Å². The quantitative estimate of drug-likeness (QED) is 0.790. The van der Waals surface area contributed by atoms with Crippen molar-refractivity contribution < 1.29 is 14.2 Å². The summed E-state index contributed by atoms with van der Waals surface area (Å²) in [7, 11) is 5.68. The van der Waals surface area contributed by atoms with E-state index >= 15 is 0 Å². The highest BCUT2D eigenvalue weighted by atomic mass is 19.1. The van der Waals surface area contributed by atoms with Crippen LogP contribution in [-0.4, -0.2) is 60.4 Å². The largest absolute Gasteiger partial charge is 0.491 e. The summed E-state index contributed by atoms with van der Waals surface area (Å²) in [6.45, 7) is 1.21. The van der Waals surface area contributed by atoms with Gasteiger partial charge in [0, 0.05) is 45.1 Å². The van der Waals surface area contributed by atoms with E-state index in [4.69, 9.17) is 4.74 Å². The molecule has 0 amide bonds. The second kappa shape index (κ2) is 8.56. The molecule has 2 aromatic rings. The van der Waals surface area contributed by atoms with E-state index in [0.29, 0.717) is 24.8 Å². The predicted octanol–water partition coefficient (Wildman–Crippen LogP) is 1.55. The van der Waals surface area contributed by atoms with E-state index in [2.05, 4.69) is 9.97 Å². The van der Waals surface area contributed by atoms with Gasteiger partial charge in [0.2, 0.25) is 5.95 Å². The van der Waals surface area contributed by atoms with E-state index < -0.39 is 6.10 Å². The standard InChI is InChI=1S/C17H23FN4O2/c1-21(2)17-19-8-13(9-20-17)10-22(3)11-15(23)12-24-16-6-4-14(18)5-7-16/h4-9,15,23H,10-12H2,1-3H3. The topological polar surface area (TPSA) is 61.7 Å². The minimum Gasteiger partial charge on any atom is -0.491 e. The zero-order valence-electron chi connectivity index (χ0n) is 14.2. The van der Waals surface area contributed by atoms with Crippen LogP contribution in [-0.2, 0) is 6.54 Å². The van der Waals surface area contributed by atoms with Crippen molar-refractivity contribution in [2.45, 2.75) is 12.6 Å². The van der Waals surface area contributed by atoms with E-state index in [1.54, 1.807) is 12.4 Å². The second-order valence-electron chi connectivity index (χ2n) is 5.90. The molecule has 0 aliphatic heterocycles. The van der Waals surface area contributed by atoms with Crippen LogP contribution in [0.1, 0.15) is 5.56 Å². The Morgan fingerprint density at radius 3 is 2.33 bits per heavy atom. The Morgan fingerprint density at radius 2 is 1.75 bits per heavy atom. The van der Waals surface area contributed by atoms with Crippen LogP contribution >= 0.6 is 0 Å². The molecule has 0 aliphatic carbocycles. The van der Waals surface area contributed by atoms with Crippen LogP contribution < -0.4 is 9.64 Å². The van der Waals surface area contributed by atoms with Gasteiger partial charge in [0.05, 0.1) is 0 Å². The molecule has 0 aliphatic rings. The second-order valence-corrected chi connectivity index (χ2v) is 5.90. The number of aliphatic hydroxyl groups excluding tert-OH is 1. The average Bonchev–Trinajstić information content (AvgIpc) is 2.54. The van der Waals surface area contributed by atoms with Gasteiger partial charge in [-0.3, -0.25) is 4.90 Å². The normalized spacial score (nSPS) is 12.2. The van der Waals surface area contributed by atoms with Gasteiger partial charge in [-0.15, -0.1) is 0 Å². The molecule has 0 saturated carbocycles. The maximum absolute atomic E-state index is 12.8. The third-order valence-corrected chi connectivity index (χ3v) is 3.32. The lowest BCUT2D eigenvalue weighted by Gasteiger charge is -2.21. The van der Waals surface area contributed by atoms with Crippen LogP contribution in [0.15, 0.2) is 36.7 Å². The summed E-state index contributed by atoms with van der Waals surface area (Å²) in [4.78, 5) is 12.3. The van der Waals surface area contributed by atoms with Crippen LogP contribution in [0.4, 0.5) is 10.3 Å². The van der Waals surface area contributed by atoms with Crippen LogP contribution in [0.2, 0.25) is 0 Å². The molecule has 0 saturated heterocycles. The fourth-order valence-corrected chi connectivity index (χ4v) is 2.17. The van der Waals surface area contributed by atoms with E-state index in [9.17, 15) is 9.50 Å². The summed E-state index contributed by atoms with van der Waals surface area (Å²) in [5.41, 5.74) is 0.967. The molecule has 0 fully saturated rings. The molecular weight excluding hydrogens is 311 g/mol. The van der Waals surface area contributed by atoms with Crippen molar-refractivity contribution >= 4 is 5.95 Å². The average molecular weight is 334 g/mol. The zero-order chi connectivity index (χ0) is 17.5. The Bertz CT molecular complexity index is 619. The number of likely N-dealkylation sites (N-methyl/N-ethyl adjacent to an activating group) is 1. The van der Waals surface area contributed by atoms with Crippen LogP contribution in [0.25, 0.3) is 0 Å². The Hall–Kier alpha value is -2.25. The minimum atomic E-state index is -0.651. The van der Waals surface area contributed by atoms with Gasteiger partial charge in [-0.2, -0.15) is 0 Å². The van der Waals surface area contributed by atoms with Crippen molar-refractivity contribution in [3.63, 3.8) is 0 Å². The smallest absolute Gasteiger partial charge is 0.224 e. The van der Waals surface area contributed by atoms with E-state index in [1.807, 2.05) is 30.9 Å². The maximum atomic E-state index is 12.8. The van der Waals surface area contributed by atoms with Crippen molar-refractivity contribution in [1.29, 1.82) is 0 Å². The number of aromatic nitrogens is 2. The summed E-state index contributed by atoms with van der Waals surface area (Å²) in [5, 5.41) is 10.1. The number of halogens is 1. The van der Waals surface area contributed by atoms with E-state index in [1.165, 1.54) is 24.3 Å². The molecule has 2 rings (SSSR count). The Balaban J connectivity index is 1.76. The molecule has 6 nitrogen and oxygen atoms in total. The highest BCUT2D eigenvalue weighted by Gasteiger charge is 2.10. The molecule has 1 aromatic carbocycles. The summed E-state index contributed by atoms with van der Waals surface area (Å²) >= 11 is 0. The van der Waals surface area contributed by atoms with Crippen molar-refractivity contribution in [3.8, 4) is 5.75 Å². The first kappa shape index (κ1) is 18.1. The Morgan fingerprint density at radius 1 is 1.12 bits per heavy atom. The summed E-state index contributed by atoms with van der Waals surface area (Å²) in [6.07, 6.45) is 2.91. The molecule has 1 N–H and O–H groups in total. The fourth-order valence-electron chi connectivity index (χ4n) is 2.17. The number of hydrogen-bond donors (Lipinski definition) is 1. The number of anilines is 1. The van der Waals surface area contributed by atoms with Crippen molar-refractivity contribution in [3.05, 3.63) is 48.0 Å². The lowest BCUT2D eigenvalue weighted by molar-refractivity contribution is 0.0743. The van der Waals surface area contributed by atoms with Gasteiger partial charge in [0.15, 0.2) is 0 Å². The number of nitrogens with zero attached hydrogens (tertiary/aromatic N) is 4. The molecule has 0 radical (unpaired) electrons. The third kappa shape index (κ3) is 5.75. The third-order valence-electron chi connectivity index (χ3n) is 3.32. The van der Waals surface area contributed by atoms with Gasteiger partial charge in [-0.05, 0) is 31.3 Å². The fraction of sp³-hybridized carbons (Fsp3) is 0.412. The SMILES string of the molecule is CN(Cc1cnc(N(C)C)nc1)CC(O)COc1ccc(F)cc1. The lowest BCUT2D eigenvalue weighted by atomic mass is 10.3. The first-order valence-electron chi connectivity index (χ1n) is 7.67. The molecule has 1 aromatic heterocycles. The first-order valence-corrected chi connectivity index (χ1v) is 7.67. The maximum Gasteiger partial charge on any atom is 0.224 e. The van der Waals surface area contributed by atoms with Gasteiger partial charge < -0.3 is 14.7 Å². The Kier molecular flexibility index (Phi) is 6.45. The molecule has 1 heterocycles. The van der Waals surface area contributed by atoms with Gasteiger partial charge >= 0.3 is 0 Å². The number of ether oxygens (including phenoxy) is 1. The highest BCUT2D eigenvalue weighted by molar-refractivity contribution is 5.26. The summed E-state index contributed by atoms with van der Waals surface area (Å²) < 4.78 is 18.3. The van der Waals surface area contributed by atoms with Gasteiger partial charge in [0.1, 0.15) is 24.3 Å². The Labute approximate surface area is 141 Å². The first-order chi connectivity index (χ1) is 11.4. The zero-order valence-corrected chi connectivity index (χ0v) is 14.2. The molecule has 0 spiro atoms. The number of rotatable bonds is 8. The molecule has 1 atom stereocenters. The van der Waals surface area contributed by atoms with Gasteiger partial charge in [-0.1, -0.05) is 0 Å². The van der Waals surface area contributed by atoms with Crippen LogP contribution in [0.5, 0.6) is 5.75 Å². The van der Waals surface area contributed by atoms with E-state index in [-0.39, 0.29) is 12.4 Å². The summed E-state index contributed by atoms with van der Waals surface area (Å²) in [6, 6.07) is 5.72. The lowest BCUT2D eigenvalue weighted by Crippen LogP contribution is -2.32. The molecule has 0 bridgehead atoms. The molecule has 24 heavy (non-hydrogen) atoms. The van der Waals surface area contributed by atoms with E-state index in [0.717, 1.165) is 5.56 Å². The monoisotopic (exact) mass is 334 g/mol. The molecule has 130 valence electrons. The van der Waals surface area contributed by atoms with Gasteiger partial charge in [0.25, 0.3) is 0 Å². The van der Waals surface area contributed by atoms with Crippen molar-refractivity contribution in [2.24, 2.45) is 0 Å².